The third-order valence-corrected chi connectivity index (χ3v) is 3.89. The molecule has 2 N–H and O–H groups in total. The predicted octanol–water partition coefficient (Wildman–Crippen LogP) is 2.66. The fraction of sp³-hybridized carbons (Fsp3) is 0.350. The van der Waals surface area contributed by atoms with Crippen LogP contribution >= 0.6 is 0 Å². The molecule has 0 bridgehead atoms. The molecule has 5 nitrogen and oxygen atoms in total. The van der Waals surface area contributed by atoms with E-state index in [1.807, 2.05) is 6.07 Å². The first-order valence-electron chi connectivity index (χ1n) is 8.49. The molecule has 0 saturated carbocycles. The summed E-state index contributed by atoms with van der Waals surface area (Å²) in [6.07, 6.45) is 2.14. The summed E-state index contributed by atoms with van der Waals surface area (Å²) in [4.78, 5) is 12.2. The summed E-state index contributed by atoms with van der Waals surface area (Å²) in [7, 11) is 3.12. The van der Waals surface area contributed by atoms with Gasteiger partial charge in [0.05, 0.1) is 14.2 Å². The third kappa shape index (κ3) is 6.12. The van der Waals surface area contributed by atoms with Gasteiger partial charge in [-0.3, -0.25) is 4.79 Å². The summed E-state index contributed by atoms with van der Waals surface area (Å²) in [5.74, 6) is 1.04. The summed E-state index contributed by atoms with van der Waals surface area (Å²) >= 11 is 0. The van der Waals surface area contributed by atoms with Crippen molar-refractivity contribution in [2.45, 2.75) is 12.8 Å². The smallest absolute Gasteiger partial charge is 0.251 e. The van der Waals surface area contributed by atoms with E-state index in [0.29, 0.717) is 23.6 Å². The van der Waals surface area contributed by atoms with Crippen LogP contribution in [0.25, 0.3) is 0 Å². The lowest BCUT2D eigenvalue weighted by Crippen LogP contribution is -2.32. The molecule has 0 fully saturated rings. The number of methoxy groups -OCH3 is 2. The number of carbonyl (C=O) groups is 1. The molecule has 25 heavy (non-hydrogen) atoms. The highest BCUT2D eigenvalue weighted by Gasteiger charge is 2.10. The number of ether oxygens (including phenoxy) is 2. The van der Waals surface area contributed by atoms with Crippen molar-refractivity contribution in [1.29, 1.82) is 0 Å². The Labute approximate surface area is 149 Å². The SMILES string of the molecule is COc1ccc(C(=O)NCCNCCCc2ccccc2)cc1OC. The molecule has 5 heteroatoms. The third-order valence-electron chi connectivity index (χ3n) is 3.89. The number of benzene rings is 2. The Hall–Kier alpha value is -2.53. The molecule has 0 aliphatic carbocycles. The van der Waals surface area contributed by atoms with Gasteiger partial charge in [0.15, 0.2) is 11.5 Å². The molecule has 1 amide bonds. The predicted molar refractivity (Wildman–Crippen MR) is 99.5 cm³/mol. The van der Waals surface area contributed by atoms with Crippen LogP contribution in [-0.2, 0) is 6.42 Å². The van der Waals surface area contributed by atoms with Crippen LogP contribution in [0.4, 0.5) is 0 Å². The second kappa shape index (κ2) is 10.4. The monoisotopic (exact) mass is 342 g/mol. The zero-order valence-electron chi connectivity index (χ0n) is 14.9. The number of rotatable bonds is 10. The van der Waals surface area contributed by atoms with E-state index in [0.717, 1.165) is 25.9 Å². The van der Waals surface area contributed by atoms with Crippen LogP contribution in [0, 0.1) is 0 Å². The van der Waals surface area contributed by atoms with Gasteiger partial charge >= 0.3 is 0 Å². The Kier molecular flexibility index (Phi) is 7.79. The first-order chi connectivity index (χ1) is 12.2. The van der Waals surface area contributed by atoms with E-state index in [2.05, 4.69) is 34.9 Å². The van der Waals surface area contributed by atoms with Gasteiger partial charge in [-0.25, -0.2) is 0 Å². The lowest BCUT2D eigenvalue weighted by atomic mass is 10.1. The fourth-order valence-electron chi connectivity index (χ4n) is 2.53. The van der Waals surface area contributed by atoms with E-state index < -0.39 is 0 Å². The highest BCUT2D eigenvalue weighted by Crippen LogP contribution is 2.27. The maximum atomic E-state index is 12.2. The zero-order chi connectivity index (χ0) is 17.9. The highest BCUT2D eigenvalue weighted by atomic mass is 16.5. The van der Waals surface area contributed by atoms with E-state index in [-0.39, 0.29) is 5.91 Å². The molecule has 0 aliphatic rings. The quantitative estimate of drug-likeness (QED) is 0.652. The summed E-state index contributed by atoms with van der Waals surface area (Å²) in [5, 5.41) is 6.24. The largest absolute Gasteiger partial charge is 0.493 e. The molecule has 0 heterocycles. The molecule has 134 valence electrons. The molecule has 2 rings (SSSR count). The van der Waals surface area contributed by atoms with Crippen molar-refractivity contribution in [3.8, 4) is 11.5 Å². The van der Waals surface area contributed by atoms with Crippen molar-refractivity contribution in [3.05, 3.63) is 59.7 Å². The number of nitrogens with one attached hydrogen (secondary N) is 2. The van der Waals surface area contributed by atoms with Gasteiger partial charge < -0.3 is 20.1 Å². The van der Waals surface area contributed by atoms with Gasteiger partial charge in [0.2, 0.25) is 0 Å². The standard InChI is InChI=1S/C20H26N2O3/c1-24-18-11-10-17(15-19(18)25-2)20(23)22-14-13-21-12-6-9-16-7-4-3-5-8-16/h3-5,7-8,10-11,15,21H,6,9,12-14H2,1-2H3,(H,22,23). The molecule has 0 atom stereocenters. The minimum atomic E-state index is -0.118. The van der Waals surface area contributed by atoms with Gasteiger partial charge in [-0.2, -0.15) is 0 Å². The minimum Gasteiger partial charge on any atom is -0.493 e. The normalized spacial score (nSPS) is 10.3. The molecular weight excluding hydrogens is 316 g/mol. The van der Waals surface area contributed by atoms with Crippen molar-refractivity contribution >= 4 is 5.91 Å². The lowest BCUT2D eigenvalue weighted by molar-refractivity contribution is 0.0953. The van der Waals surface area contributed by atoms with Gasteiger partial charge in [-0.15, -0.1) is 0 Å². The van der Waals surface area contributed by atoms with Gasteiger partial charge in [-0.1, -0.05) is 30.3 Å². The first-order valence-corrected chi connectivity index (χ1v) is 8.49. The van der Waals surface area contributed by atoms with Crippen molar-refractivity contribution in [2.75, 3.05) is 33.9 Å². The van der Waals surface area contributed by atoms with Crippen LogP contribution in [0.15, 0.2) is 48.5 Å². The van der Waals surface area contributed by atoms with Gasteiger partial charge in [-0.05, 0) is 43.1 Å². The van der Waals surface area contributed by atoms with Gasteiger partial charge in [0.1, 0.15) is 0 Å². The summed E-state index contributed by atoms with van der Waals surface area (Å²) < 4.78 is 10.4. The lowest BCUT2D eigenvalue weighted by Gasteiger charge is -2.10. The number of aryl methyl sites for hydroxylation is 1. The minimum absolute atomic E-state index is 0.118. The molecule has 0 saturated heterocycles. The van der Waals surface area contributed by atoms with Crippen molar-refractivity contribution in [3.63, 3.8) is 0 Å². The maximum absolute atomic E-state index is 12.2. The Morgan fingerprint density at radius 1 is 0.920 bits per heavy atom. The molecule has 0 radical (unpaired) electrons. The molecule has 0 aromatic heterocycles. The van der Waals surface area contributed by atoms with Crippen LogP contribution in [0.2, 0.25) is 0 Å². The van der Waals surface area contributed by atoms with Crippen LogP contribution in [0.1, 0.15) is 22.3 Å². The van der Waals surface area contributed by atoms with Gasteiger partial charge in [0.25, 0.3) is 5.91 Å². The number of amides is 1. The van der Waals surface area contributed by atoms with E-state index >= 15 is 0 Å². The number of carbonyl (C=O) groups excluding carboxylic acids is 1. The average Bonchev–Trinajstić information content (AvgIpc) is 2.67. The zero-order valence-corrected chi connectivity index (χ0v) is 14.9. The van der Waals surface area contributed by atoms with Crippen molar-refractivity contribution in [1.82, 2.24) is 10.6 Å². The first kappa shape index (κ1) is 18.8. The van der Waals surface area contributed by atoms with Crippen molar-refractivity contribution in [2.24, 2.45) is 0 Å². The van der Waals surface area contributed by atoms with E-state index in [4.69, 9.17) is 9.47 Å². The van der Waals surface area contributed by atoms with Gasteiger partial charge in [0, 0.05) is 18.7 Å². The summed E-state index contributed by atoms with van der Waals surface area (Å²) in [6, 6.07) is 15.6. The van der Waals surface area contributed by atoms with E-state index in [1.165, 1.54) is 5.56 Å². The topological polar surface area (TPSA) is 59.6 Å². The van der Waals surface area contributed by atoms with E-state index in [9.17, 15) is 4.79 Å². The molecule has 0 aliphatic heterocycles. The van der Waals surface area contributed by atoms with Crippen LogP contribution in [0.3, 0.4) is 0 Å². The summed E-state index contributed by atoms with van der Waals surface area (Å²) in [6.45, 7) is 2.26. The fourth-order valence-corrected chi connectivity index (χ4v) is 2.53. The molecule has 2 aromatic carbocycles. The maximum Gasteiger partial charge on any atom is 0.251 e. The van der Waals surface area contributed by atoms with E-state index in [1.54, 1.807) is 32.4 Å². The van der Waals surface area contributed by atoms with Crippen LogP contribution < -0.4 is 20.1 Å². The molecule has 2 aromatic rings. The Bertz CT molecular complexity index is 659. The van der Waals surface area contributed by atoms with Crippen molar-refractivity contribution < 1.29 is 14.3 Å². The molecular formula is C20H26N2O3. The average molecular weight is 342 g/mol. The molecule has 0 spiro atoms. The second-order valence-corrected chi connectivity index (χ2v) is 5.66. The Morgan fingerprint density at radius 2 is 1.68 bits per heavy atom. The summed E-state index contributed by atoms with van der Waals surface area (Å²) in [5.41, 5.74) is 1.91. The molecule has 0 unspecified atom stereocenters. The second-order valence-electron chi connectivity index (χ2n) is 5.66. The highest BCUT2D eigenvalue weighted by molar-refractivity contribution is 5.94. The number of hydrogen-bond acceptors (Lipinski definition) is 4. The van der Waals surface area contributed by atoms with Crippen LogP contribution in [-0.4, -0.2) is 39.8 Å². The number of hydrogen-bond donors (Lipinski definition) is 2. The van der Waals surface area contributed by atoms with Crippen LogP contribution in [0.5, 0.6) is 11.5 Å². The Morgan fingerprint density at radius 3 is 2.40 bits per heavy atom. The Balaban J connectivity index is 1.64.